The van der Waals surface area contributed by atoms with Crippen molar-refractivity contribution >= 4 is 17.8 Å². The Morgan fingerprint density at radius 1 is 0.318 bits per heavy atom. The van der Waals surface area contributed by atoms with Crippen LogP contribution >= 0.6 is 0 Å². The molecule has 1 aliphatic rings. The number of amides is 2. The Kier molecular flexibility index (Phi) is 57.9. The lowest BCUT2D eigenvalue weighted by Crippen LogP contribution is -2.46. The fraction of sp³-hybridized carbons (Fsp3) is 0.814. The van der Waals surface area contributed by atoms with Crippen molar-refractivity contribution in [1.29, 1.82) is 0 Å². The third-order valence-corrected chi connectivity index (χ3v) is 11.4. The largest absolute Gasteiger partial charge is 0.487 e. The van der Waals surface area contributed by atoms with Crippen LogP contribution in [0.25, 0.3) is 0 Å². The highest BCUT2D eigenvalue weighted by Gasteiger charge is 2.36. The minimum atomic E-state index is -1.42. The molecule has 0 aromatic heterocycles. The summed E-state index contributed by atoms with van der Waals surface area (Å²) in [5.74, 6) is -2.01. The number of carbonyl (C=O) groups is 3. The highest BCUT2D eigenvalue weighted by molar-refractivity contribution is 6.14. The maximum Gasteiger partial charge on any atom is 0.327 e. The first-order valence-electron chi connectivity index (χ1n) is 30.2. The normalized spacial score (nSPS) is 12.8. The molecule has 512 valence electrons. The van der Waals surface area contributed by atoms with Gasteiger partial charge in [0.2, 0.25) is 0 Å². The molecule has 0 radical (unpaired) electrons. The van der Waals surface area contributed by atoms with E-state index in [1.165, 1.54) is 0 Å². The van der Waals surface area contributed by atoms with Gasteiger partial charge in [-0.3, -0.25) is 14.5 Å². The molecule has 0 unspecified atom stereocenters. The van der Waals surface area contributed by atoms with Crippen molar-refractivity contribution in [2.24, 2.45) is 0 Å². The van der Waals surface area contributed by atoms with E-state index in [1.807, 2.05) is 0 Å². The summed E-state index contributed by atoms with van der Waals surface area (Å²) in [5, 5.41) is 9.93. The van der Waals surface area contributed by atoms with E-state index < -0.39 is 23.8 Å². The highest BCUT2D eigenvalue weighted by Crippen LogP contribution is 2.30. The number of benzene rings is 1. The van der Waals surface area contributed by atoms with Crippen molar-refractivity contribution in [3.63, 3.8) is 0 Å². The molecule has 0 bridgehead atoms. The molecule has 1 N–H and O–H groups in total. The number of carbonyl (C=O) groups excluding carboxylic acids is 2. The van der Waals surface area contributed by atoms with Gasteiger partial charge < -0.3 is 119 Å². The van der Waals surface area contributed by atoms with Crippen molar-refractivity contribution in [1.82, 2.24) is 4.90 Å². The van der Waals surface area contributed by atoms with Crippen LogP contribution in [-0.2, 0) is 125 Å². The average molecular weight is 1270 g/mol. The van der Waals surface area contributed by atoms with E-state index in [0.717, 1.165) is 17.1 Å². The Labute approximate surface area is 519 Å². The SMILES string of the molecule is COCCOCCOCCOCCOCCOCCOCCOCCOCCOCCOCCOc1ccc(C[C@@H](C(=O)O)N2C(=O)C=CC2=O)cc1OCCOCCOCCOCCOCCOCCOCCOCCOCCOCCOCCOC. The summed E-state index contributed by atoms with van der Waals surface area (Å²) in [6, 6.07) is 3.49. The lowest BCUT2D eigenvalue weighted by molar-refractivity contribution is -0.153. The van der Waals surface area contributed by atoms with Gasteiger partial charge >= 0.3 is 5.97 Å². The molecule has 2 amide bonds. The van der Waals surface area contributed by atoms with Crippen molar-refractivity contribution in [2.75, 3.05) is 305 Å². The predicted molar refractivity (Wildman–Crippen MR) is 314 cm³/mol. The molecular formula is C59H103NO28. The van der Waals surface area contributed by atoms with Crippen molar-refractivity contribution < 1.29 is 133 Å². The van der Waals surface area contributed by atoms with E-state index in [4.69, 9.17) is 114 Å². The van der Waals surface area contributed by atoms with E-state index in [0.29, 0.717) is 281 Å². The van der Waals surface area contributed by atoms with Gasteiger partial charge in [0.25, 0.3) is 11.8 Å². The third kappa shape index (κ3) is 50.0. The Morgan fingerprint density at radius 2 is 0.523 bits per heavy atom. The fourth-order valence-corrected chi connectivity index (χ4v) is 7.01. The van der Waals surface area contributed by atoms with Crippen LogP contribution in [0.15, 0.2) is 30.4 Å². The van der Waals surface area contributed by atoms with Gasteiger partial charge in [-0.05, 0) is 17.7 Å². The number of hydrogen-bond donors (Lipinski definition) is 1. The zero-order valence-electron chi connectivity index (χ0n) is 52.2. The number of carboxylic acid groups (broad SMARTS) is 1. The van der Waals surface area contributed by atoms with Gasteiger partial charge in [0.05, 0.1) is 277 Å². The molecule has 0 aliphatic carbocycles. The number of aliphatic carboxylic acids is 1. The van der Waals surface area contributed by atoms with Gasteiger partial charge in [0.1, 0.15) is 19.3 Å². The van der Waals surface area contributed by atoms with Gasteiger partial charge in [-0.1, -0.05) is 6.07 Å². The lowest BCUT2D eigenvalue weighted by atomic mass is 10.0. The second-order valence-corrected chi connectivity index (χ2v) is 18.1. The first kappa shape index (κ1) is 80.4. The number of carboxylic acids is 1. The van der Waals surface area contributed by atoms with Crippen LogP contribution in [0.5, 0.6) is 11.5 Å². The Balaban J connectivity index is 1.44. The molecule has 0 saturated heterocycles. The van der Waals surface area contributed by atoms with Gasteiger partial charge in [-0.2, -0.15) is 0 Å². The monoisotopic (exact) mass is 1270 g/mol. The molecule has 1 atom stereocenters. The molecule has 1 aliphatic heterocycles. The van der Waals surface area contributed by atoms with Crippen LogP contribution in [0.3, 0.4) is 0 Å². The van der Waals surface area contributed by atoms with E-state index in [1.54, 1.807) is 32.4 Å². The summed E-state index contributed by atoms with van der Waals surface area (Å²) in [6.45, 7) is 19.2. The highest BCUT2D eigenvalue weighted by atomic mass is 16.6. The molecule has 0 spiro atoms. The Morgan fingerprint density at radius 3 is 0.739 bits per heavy atom. The van der Waals surface area contributed by atoms with E-state index >= 15 is 0 Å². The topological polar surface area (TPSA) is 296 Å². The zero-order valence-corrected chi connectivity index (χ0v) is 52.2. The molecule has 29 heteroatoms. The number of methoxy groups -OCH3 is 2. The molecular weight excluding hydrogens is 1170 g/mol. The summed E-state index contributed by atoms with van der Waals surface area (Å²) in [6.07, 6.45) is 1.95. The quantitative estimate of drug-likeness (QED) is 0.0702. The standard InChI is InChI=1S/C59H103NO28/c1-65-7-9-67-11-13-69-15-17-71-19-21-73-23-25-75-27-29-77-31-33-79-35-37-81-39-41-83-43-45-85-47-49-87-55-4-3-53(51-54(59(63)64)60-57(61)5-6-58(60)62)52-56(55)88-50-48-86-46-44-84-42-40-82-38-36-80-34-32-78-30-28-76-26-24-74-22-20-72-18-16-70-14-12-68-10-8-66-2/h3-6,52,54H,7-51H2,1-2H3,(H,63,64)/t54-/m0/s1. The molecule has 1 aromatic rings. The lowest BCUT2D eigenvalue weighted by Gasteiger charge is -2.23. The van der Waals surface area contributed by atoms with Crippen LogP contribution < -0.4 is 9.47 Å². The number of hydrogen-bond acceptors (Lipinski definition) is 27. The average Bonchev–Trinajstić information content (AvgIpc) is 2.30. The van der Waals surface area contributed by atoms with Gasteiger partial charge in [0, 0.05) is 32.8 Å². The third-order valence-electron chi connectivity index (χ3n) is 11.4. The molecule has 0 fully saturated rings. The first-order valence-corrected chi connectivity index (χ1v) is 30.2. The minimum Gasteiger partial charge on any atom is -0.487 e. The van der Waals surface area contributed by atoms with Crippen molar-refractivity contribution in [3.05, 3.63) is 35.9 Å². The molecule has 1 heterocycles. The second-order valence-electron chi connectivity index (χ2n) is 18.1. The molecule has 0 saturated carbocycles. The second kappa shape index (κ2) is 63.4. The molecule has 2 rings (SSSR count). The zero-order chi connectivity index (χ0) is 62.9. The number of rotatable bonds is 72. The van der Waals surface area contributed by atoms with Crippen molar-refractivity contribution in [2.45, 2.75) is 12.5 Å². The minimum absolute atomic E-state index is 0.134. The van der Waals surface area contributed by atoms with Crippen LogP contribution in [0.1, 0.15) is 5.56 Å². The van der Waals surface area contributed by atoms with E-state index in [9.17, 15) is 19.5 Å². The van der Waals surface area contributed by atoms with Gasteiger partial charge in [-0.25, -0.2) is 4.79 Å². The van der Waals surface area contributed by atoms with Gasteiger partial charge in [-0.15, -0.1) is 0 Å². The molecule has 1 aromatic carbocycles. The van der Waals surface area contributed by atoms with Gasteiger partial charge in [0.15, 0.2) is 11.5 Å². The van der Waals surface area contributed by atoms with Crippen LogP contribution in [0, 0.1) is 0 Å². The molecule has 29 nitrogen and oxygen atoms in total. The first-order chi connectivity index (χ1) is 43.5. The number of nitrogens with zero attached hydrogens (tertiary/aromatic N) is 1. The van der Waals surface area contributed by atoms with Crippen LogP contribution in [-0.4, -0.2) is 339 Å². The number of imide groups is 1. The maximum absolute atomic E-state index is 12.3. The number of ether oxygens (including phenoxy) is 24. The Hall–Kier alpha value is -3.71. The fourth-order valence-electron chi connectivity index (χ4n) is 7.01. The smallest absolute Gasteiger partial charge is 0.327 e. The van der Waals surface area contributed by atoms with Crippen LogP contribution in [0.2, 0.25) is 0 Å². The van der Waals surface area contributed by atoms with Crippen molar-refractivity contribution in [3.8, 4) is 11.5 Å². The predicted octanol–water partition coefficient (Wildman–Crippen LogP) is 0.990. The summed E-state index contributed by atoms with van der Waals surface area (Å²) < 4.78 is 132. The van der Waals surface area contributed by atoms with Crippen LogP contribution in [0.4, 0.5) is 0 Å². The summed E-state index contributed by atoms with van der Waals surface area (Å²) in [4.78, 5) is 37.6. The summed E-state index contributed by atoms with van der Waals surface area (Å²) in [5.41, 5.74) is 0.504. The maximum atomic E-state index is 12.3. The Bertz CT molecular complexity index is 1740. The summed E-state index contributed by atoms with van der Waals surface area (Å²) in [7, 11) is 3.27. The van der Waals surface area contributed by atoms with E-state index in [-0.39, 0.29) is 32.8 Å². The van der Waals surface area contributed by atoms with E-state index in [2.05, 4.69) is 0 Å². The molecule has 88 heavy (non-hydrogen) atoms. The summed E-state index contributed by atoms with van der Waals surface area (Å²) >= 11 is 0.